The molecular formula is C13H18N2O3. The molecule has 0 bridgehead atoms. The number of nitro benzene ring substituents is 1. The molecule has 1 N–H and O–H groups in total. The standard InChI is InChI=1S/C13H18N2O3/c1-4-9(3)13(16)14-11-7-6-10(5-2)12(8-11)15(17)18/h6-9H,4-5H2,1-3H3,(H,14,16). The van der Waals surface area contributed by atoms with Gasteiger partial charge in [0.2, 0.25) is 5.91 Å². The van der Waals surface area contributed by atoms with Crippen LogP contribution >= 0.6 is 0 Å². The summed E-state index contributed by atoms with van der Waals surface area (Å²) in [5.74, 6) is -0.217. The Bertz CT molecular complexity index is 458. The first-order valence-corrected chi connectivity index (χ1v) is 6.07. The predicted molar refractivity (Wildman–Crippen MR) is 70.6 cm³/mol. The highest BCUT2D eigenvalue weighted by molar-refractivity contribution is 5.92. The third kappa shape index (κ3) is 3.29. The van der Waals surface area contributed by atoms with Crippen molar-refractivity contribution in [1.82, 2.24) is 0 Å². The number of anilines is 1. The first kappa shape index (κ1) is 14.2. The highest BCUT2D eigenvalue weighted by atomic mass is 16.6. The molecule has 0 fully saturated rings. The second-order valence-corrected chi connectivity index (χ2v) is 4.25. The molecule has 1 aromatic rings. The van der Waals surface area contributed by atoms with Crippen molar-refractivity contribution in [2.24, 2.45) is 5.92 Å². The van der Waals surface area contributed by atoms with E-state index in [2.05, 4.69) is 5.32 Å². The summed E-state index contributed by atoms with van der Waals surface area (Å²) < 4.78 is 0. The summed E-state index contributed by atoms with van der Waals surface area (Å²) in [4.78, 5) is 22.2. The molecule has 0 saturated heterocycles. The van der Waals surface area contributed by atoms with Gasteiger partial charge in [0, 0.05) is 23.2 Å². The Morgan fingerprint density at radius 1 is 1.44 bits per heavy atom. The number of nitrogens with zero attached hydrogens (tertiary/aromatic N) is 1. The van der Waals surface area contributed by atoms with E-state index in [1.807, 2.05) is 20.8 Å². The first-order valence-electron chi connectivity index (χ1n) is 6.07. The number of carbonyl (C=O) groups excluding carboxylic acids is 1. The SMILES string of the molecule is CCc1ccc(NC(=O)C(C)CC)cc1[N+](=O)[O-]. The Balaban J connectivity index is 2.95. The quantitative estimate of drug-likeness (QED) is 0.644. The Morgan fingerprint density at radius 2 is 2.11 bits per heavy atom. The van der Waals surface area contributed by atoms with Crippen molar-refractivity contribution in [1.29, 1.82) is 0 Å². The van der Waals surface area contributed by atoms with Gasteiger partial charge in [-0.2, -0.15) is 0 Å². The molecule has 18 heavy (non-hydrogen) atoms. The Kier molecular flexibility index (Phi) is 4.83. The summed E-state index contributed by atoms with van der Waals surface area (Å²) in [5, 5.41) is 13.6. The topological polar surface area (TPSA) is 72.2 Å². The molecule has 0 aliphatic heterocycles. The second kappa shape index (κ2) is 6.14. The van der Waals surface area contributed by atoms with Gasteiger partial charge in [0.1, 0.15) is 0 Å². The minimum atomic E-state index is -0.419. The Labute approximate surface area is 106 Å². The van der Waals surface area contributed by atoms with Crippen LogP contribution in [0.5, 0.6) is 0 Å². The number of nitro groups is 1. The van der Waals surface area contributed by atoms with Gasteiger partial charge in [-0.05, 0) is 18.9 Å². The van der Waals surface area contributed by atoms with Crippen molar-refractivity contribution >= 4 is 17.3 Å². The third-order valence-corrected chi connectivity index (χ3v) is 2.99. The van der Waals surface area contributed by atoms with Crippen LogP contribution in [0.2, 0.25) is 0 Å². The van der Waals surface area contributed by atoms with Gasteiger partial charge in [0.05, 0.1) is 4.92 Å². The molecule has 1 rings (SSSR count). The average molecular weight is 250 g/mol. The van der Waals surface area contributed by atoms with Crippen LogP contribution in [0.4, 0.5) is 11.4 Å². The van der Waals surface area contributed by atoms with Gasteiger partial charge in [-0.3, -0.25) is 14.9 Å². The number of aryl methyl sites for hydroxylation is 1. The lowest BCUT2D eigenvalue weighted by molar-refractivity contribution is -0.385. The molecular weight excluding hydrogens is 232 g/mol. The molecule has 5 nitrogen and oxygen atoms in total. The molecule has 5 heteroatoms. The zero-order valence-corrected chi connectivity index (χ0v) is 10.9. The van der Waals surface area contributed by atoms with E-state index in [1.54, 1.807) is 12.1 Å². The molecule has 0 aliphatic rings. The number of carbonyl (C=O) groups is 1. The van der Waals surface area contributed by atoms with Gasteiger partial charge >= 0.3 is 0 Å². The summed E-state index contributed by atoms with van der Waals surface area (Å²) >= 11 is 0. The molecule has 1 unspecified atom stereocenters. The normalized spacial score (nSPS) is 11.9. The Morgan fingerprint density at radius 3 is 2.61 bits per heavy atom. The van der Waals surface area contributed by atoms with Crippen molar-refractivity contribution in [3.05, 3.63) is 33.9 Å². The van der Waals surface area contributed by atoms with Gasteiger partial charge < -0.3 is 5.32 Å². The van der Waals surface area contributed by atoms with Crippen LogP contribution in [0, 0.1) is 16.0 Å². The largest absolute Gasteiger partial charge is 0.326 e. The molecule has 0 aliphatic carbocycles. The van der Waals surface area contributed by atoms with Gasteiger partial charge in [-0.25, -0.2) is 0 Å². The van der Waals surface area contributed by atoms with E-state index in [9.17, 15) is 14.9 Å². The summed E-state index contributed by atoms with van der Waals surface area (Å²) in [7, 11) is 0. The van der Waals surface area contributed by atoms with Crippen molar-refractivity contribution in [2.45, 2.75) is 33.6 Å². The van der Waals surface area contributed by atoms with Crippen molar-refractivity contribution in [3.63, 3.8) is 0 Å². The van der Waals surface area contributed by atoms with Crippen LogP contribution < -0.4 is 5.32 Å². The summed E-state index contributed by atoms with van der Waals surface area (Å²) in [6, 6.07) is 4.80. The number of hydrogen-bond donors (Lipinski definition) is 1. The lowest BCUT2D eigenvalue weighted by atomic mass is 10.1. The second-order valence-electron chi connectivity index (χ2n) is 4.25. The van der Waals surface area contributed by atoms with E-state index >= 15 is 0 Å². The summed E-state index contributed by atoms with van der Waals surface area (Å²) in [5.41, 5.74) is 1.20. The minimum absolute atomic E-state index is 0.0550. The molecule has 1 amide bonds. The summed E-state index contributed by atoms with van der Waals surface area (Å²) in [6.07, 6.45) is 1.33. The van der Waals surface area contributed by atoms with Crippen LogP contribution in [0.3, 0.4) is 0 Å². The lowest BCUT2D eigenvalue weighted by Crippen LogP contribution is -2.19. The van der Waals surface area contributed by atoms with Gasteiger partial charge in [0.25, 0.3) is 5.69 Å². The van der Waals surface area contributed by atoms with Gasteiger partial charge in [-0.1, -0.05) is 26.8 Å². The molecule has 0 radical (unpaired) electrons. The number of hydrogen-bond acceptors (Lipinski definition) is 3. The van der Waals surface area contributed by atoms with Crippen molar-refractivity contribution in [2.75, 3.05) is 5.32 Å². The van der Waals surface area contributed by atoms with Gasteiger partial charge in [-0.15, -0.1) is 0 Å². The highest BCUT2D eigenvalue weighted by Gasteiger charge is 2.15. The van der Waals surface area contributed by atoms with E-state index < -0.39 is 4.92 Å². The molecule has 0 heterocycles. The maximum atomic E-state index is 11.7. The summed E-state index contributed by atoms with van der Waals surface area (Å²) in [6.45, 7) is 5.61. The molecule has 0 aromatic heterocycles. The van der Waals surface area contributed by atoms with E-state index in [0.717, 1.165) is 6.42 Å². The van der Waals surface area contributed by atoms with E-state index in [0.29, 0.717) is 17.7 Å². The molecule has 0 saturated carbocycles. The fourth-order valence-corrected chi connectivity index (χ4v) is 1.56. The van der Waals surface area contributed by atoms with Crippen LogP contribution in [0.1, 0.15) is 32.8 Å². The number of benzene rings is 1. The van der Waals surface area contributed by atoms with Crippen molar-refractivity contribution < 1.29 is 9.72 Å². The zero-order chi connectivity index (χ0) is 13.7. The van der Waals surface area contributed by atoms with Crippen LogP contribution in [-0.4, -0.2) is 10.8 Å². The molecule has 98 valence electrons. The minimum Gasteiger partial charge on any atom is -0.326 e. The smallest absolute Gasteiger partial charge is 0.274 e. The maximum Gasteiger partial charge on any atom is 0.274 e. The first-order chi connectivity index (χ1) is 8.49. The highest BCUT2D eigenvalue weighted by Crippen LogP contribution is 2.24. The van der Waals surface area contributed by atoms with Crippen LogP contribution in [0.25, 0.3) is 0 Å². The predicted octanol–water partition coefficient (Wildman–Crippen LogP) is 3.14. The van der Waals surface area contributed by atoms with Crippen LogP contribution in [0.15, 0.2) is 18.2 Å². The average Bonchev–Trinajstić information content (AvgIpc) is 2.37. The Hall–Kier alpha value is -1.91. The van der Waals surface area contributed by atoms with E-state index in [4.69, 9.17) is 0 Å². The fourth-order valence-electron chi connectivity index (χ4n) is 1.56. The molecule has 1 aromatic carbocycles. The third-order valence-electron chi connectivity index (χ3n) is 2.99. The van der Waals surface area contributed by atoms with E-state index in [1.165, 1.54) is 6.07 Å². The van der Waals surface area contributed by atoms with E-state index in [-0.39, 0.29) is 17.5 Å². The fraction of sp³-hybridized carbons (Fsp3) is 0.462. The molecule has 1 atom stereocenters. The number of nitrogens with one attached hydrogen (secondary N) is 1. The van der Waals surface area contributed by atoms with Crippen LogP contribution in [-0.2, 0) is 11.2 Å². The number of rotatable bonds is 5. The van der Waals surface area contributed by atoms with Crippen molar-refractivity contribution in [3.8, 4) is 0 Å². The lowest BCUT2D eigenvalue weighted by Gasteiger charge is -2.10. The number of amides is 1. The van der Waals surface area contributed by atoms with Gasteiger partial charge in [0.15, 0.2) is 0 Å². The maximum absolute atomic E-state index is 11.7. The molecule has 0 spiro atoms. The zero-order valence-electron chi connectivity index (χ0n) is 10.9. The monoisotopic (exact) mass is 250 g/mol.